The van der Waals surface area contributed by atoms with Crippen LogP contribution in [0.1, 0.15) is 31.7 Å². The summed E-state index contributed by atoms with van der Waals surface area (Å²) in [5, 5.41) is 7.37. The van der Waals surface area contributed by atoms with Gasteiger partial charge in [0.1, 0.15) is 16.5 Å². The fraction of sp³-hybridized carbons (Fsp3) is 0.421. The lowest BCUT2D eigenvalue weighted by Crippen LogP contribution is -2.22. The largest absolute Gasteiger partial charge is 0.383 e. The molecule has 3 N–H and O–H groups in total. The summed E-state index contributed by atoms with van der Waals surface area (Å²) in [5.74, 6) is 1.08. The van der Waals surface area contributed by atoms with Crippen LogP contribution >= 0.6 is 22.9 Å². The Kier molecular flexibility index (Phi) is 4.38. The molecule has 3 aromatic heterocycles. The highest BCUT2D eigenvalue weighted by Gasteiger charge is 2.31. The zero-order chi connectivity index (χ0) is 18.4. The number of halogens is 1. The fourth-order valence-electron chi connectivity index (χ4n) is 4.50. The van der Waals surface area contributed by atoms with Crippen molar-refractivity contribution in [3.05, 3.63) is 34.7 Å². The number of thiazole rings is 1. The number of aromatic nitrogens is 4. The molecular formula is C19H21ClN6S. The van der Waals surface area contributed by atoms with Crippen LogP contribution in [0.2, 0.25) is 5.28 Å². The number of nitrogens with two attached hydrogens (primary N) is 1. The van der Waals surface area contributed by atoms with Crippen LogP contribution in [0.4, 0.5) is 5.82 Å². The lowest BCUT2D eigenvalue weighted by Gasteiger charge is -2.20. The molecule has 5 rings (SSSR count). The van der Waals surface area contributed by atoms with Crippen LogP contribution in [0.25, 0.3) is 21.6 Å². The number of rotatable bonds is 3. The number of nitrogens with one attached hydrogen (secondary N) is 1. The number of hydrogen-bond donors (Lipinski definition) is 2. The van der Waals surface area contributed by atoms with Crippen molar-refractivity contribution in [3.8, 4) is 10.6 Å². The Morgan fingerprint density at radius 3 is 3.00 bits per heavy atom. The van der Waals surface area contributed by atoms with E-state index in [0.717, 1.165) is 54.0 Å². The highest BCUT2D eigenvalue weighted by atomic mass is 35.5. The first-order valence-electron chi connectivity index (χ1n) is 9.33. The first-order chi connectivity index (χ1) is 13.2. The van der Waals surface area contributed by atoms with Gasteiger partial charge >= 0.3 is 0 Å². The van der Waals surface area contributed by atoms with E-state index in [1.54, 1.807) is 16.9 Å². The molecule has 1 saturated carbocycles. The van der Waals surface area contributed by atoms with Gasteiger partial charge in [-0.05, 0) is 49.7 Å². The summed E-state index contributed by atoms with van der Waals surface area (Å²) in [7, 11) is 0. The van der Waals surface area contributed by atoms with E-state index in [4.69, 9.17) is 17.3 Å². The topological polar surface area (TPSA) is 81.7 Å². The number of anilines is 1. The summed E-state index contributed by atoms with van der Waals surface area (Å²) in [6.45, 7) is 2.09. The zero-order valence-electron chi connectivity index (χ0n) is 14.9. The van der Waals surface area contributed by atoms with Gasteiger partial charge in [-0.2, -0.15) is 4.98 Å². The Labute approximate surface area is 166 Å². The van der Waals surface area contributed by atoms with Crippen LogP contribution in [0, 0.1) is 5.92 Å². The molecule has 1 aliphatic carbocycles. The molecule has 2 unspecified atom stereocenters. The standard InChI is InChI=1S/C19H21ClN6S/c20-19-24-16(21)15-14(18-23-7-8-27-18)10-26(17(15)25-19)13-2-1-12(9-13)11-3-5-22-6-4-11/h3,7-8,10,12-13,22H,1-2,4-6,9H2,(H2,21,24,25). The molecular weight excluding hydrogens is 380 g/mol. The van der Waals surface area contributed by atoms with Gasteiger partial charge < -0.3 is 15.6 Å². The molecule has 2 aliphatic rings. The van der Waals surface area contributed by atoms with Crippen molar-refractivity contribution in [1.29, 1.82) is 0 Å². The molecule has 0 amide bonds. The SMILES string of the molecule is Nc1nc(Cl)nc2c1c(-c1nccs1)cn2C1CCC(C2=CCNCC2)C1. The number of fused-ring (bicyclic) bond motifs is 1. The zero-order valence-corrected chi connectivity index (χ0v) is 16.4. The highest BCUT2D eigenvalue weighted by Crippen LogP contribution is 2.44. The second-order valence-corrected chi connectivity index (χ2v) is 8.49. The lowest BCUT2D eigenvalue weighted by atomic mass is 9.92. The van der Waals surface area contributed by atoms with Gasteiger partial charge in [0.15, 0.2) is 0 Å². The molecule has 0 spiro atoms. The van der Waals surface area contributed by atoms with Crippen molar-refractivity contribution >= 4 is 39.8 Å². The molecule has 27 heavy (non-hydrogen) atoms. The predicted octanol–water partition coefficient (Wildman–Crippen LogP) is 4.05. The van der Waals surface area contributed by atoms with Crippen molar-refractivity contribution < 1.29 is 0 Å². The van der Waals surface area contributed by atoms with Crippen molar-refractivity contribution in [2.24, 2.45) is 5.92 Å². The fourth-order valence-corrected chi connectivity index (χ4v) is 5.33. The van der Waals surface area contributed by atoms with E-state index >= 15 is 0 Å². The average molecular weight is 401 g/mol. The van der Waals surface area contributed by atoms with Gasteiger partial charge in [0, 0.05) is 35.9 Å². The number of nitrogen functional groups attached to an aromatic ring is 1. The van der Waals surface area contributed by atoms with Gasteiger partial charge in [-0.25, -0.2) is 9.97 Å². The van der Waals surface area contributed by atoms with Crippen LogP contribution in [0.5, 0.6) is 0 Å². The molecule has 1 fully saturated rings. The maximum absolute atomic E-state index is 6.23. The smallest absolute Gasteiger partial charge is 0.226 e. The minimum Gasteiger partial charge on any atom is -0.383 e. The summed E-state index contributed by atoms with van der Waals surface area (Å²) in [6, 6.07) is 0.396. The van der Waals surface area contributed by atoms with Gasteiger partial charge in [0.05, 0.1) is 5.39 Å². The van der Waals surface area contributed by atoms with Crippen molar-refractivity contribution in [3.63, 3.8) is 0 Å². The quantitative estimate of drug-likeness (QED) is 0.512. The molecule has 140 valence electrons. The summed E-state index contributed by atoms with van der Waals surface area (Å²) in [6.07, 6.45) is 11.0. The summed E-state index contributed by atoms with van der Waals surface area (Å²) >= 11 is 7.74. The summed E-state index contributed by atoms with van der Waals surface area (Å²) < 4.78 is 2.26. The molecule has 8 heteroatoms. The van der Waals surface area contributed by atoms with E-state index in [9.17, 15) is 0 Å². The maximum Gasteiger partial charge on any atom is 0.226 e. The Hall–Kier alpha value is -1.96. The van der Waals surface area contributed by atoms with E-state index in [2.05, 4.69) is 37.1 Å². The molecule has 6 nitrogen and oxygen atoms in total. The van der Waals surface area contributed by atoms with Gasteiger partial charge in [-0.15, -0.1) is 11.3 Å². The van der Waals surface area contributed by atoms with Crippen molar-refractivity contribution in [2.45, 2.75) is 31.7 Å². The molecule has 0 radical (unpaired) electrons. The Morgan fingerprint density at radius 2 is 2.22 bits per heavy atom. The minimum atomic E-state index is 0.195. The highest BCUT2D eigenvalue weighted by molar-refractivity contribution is 7.13. The van der Waals surface area contributed by atoms with Crippen molar-refractivity contribution in [2.75, 3.05) is 18.8 Å². The summed E-state index contributed by atoms with van der Waals surface area (Å²) in [5.41, 5.74) is 9.66. The van der Waals surface area contributed by atoms with Gasteiger partial charge in [-0.1, -0.05) is 11.6 Å². The van der Waals surface area contributed by atoms with Crippen LogP contribution in [0.3, 0.4) is 0 Å². The second kappa shape index (κ2) is 6.89. The molecule has 0 bridgehead atoms. The van der Waals surface area contributed by atoms with E-state index in [0.29, 0.717) is 17.8 Å². The molecule has 2 atom stereocenters. The Bertz CT molecular complexity index is 1010. The normalized spacial score (nSPS) is 23.1. The molecule has 4 heterocycles. The molecule has 0 saturated heterocycles. The minimum absolute atomic E-state index is 0.195. The van der Waals surface area contributed by atoms with Gasteiger partial charge in [-0.3, -0.25) is 0 Å². The third kappa shape index (κ3) is 3.03. The maximum atomic E-state index is 6.23. The van der Waals surface area contributed by atoms with Crippen molar-refractivity contribution in [1.82, 2.24) is 24.8 Å². The van der Waals surface area contributed by atoms with E-state index in [1.165, 1.54) is 6.42 Å². The van der Waals surface area contributed by atoms with Gasteiger partial charge in [0.25, 0.3) is 0 Å². The average Bonchev–Trinajstić information content (AvgIpc) is 3.41. The van der Waals surface area contributed by atoms with Crippen LogP contribution in [0.15, 0.2) is 29.4 Å². The van der Waals surface area contributed by atoms with Crippen LogP contribution < -0.4 is 11.1 Å². The third-order valence-corrected chi connectivity index (χ3v) is 6.73. The lowest BCUT2D eigenvalue weighted by molar-refractivity contribution is 0.501. The van der Waals surface area contributed by atoms with Gasteiger partial charge in [0.2, 0.25) is 5.28 Å². The second-order valence-electron chi connectivity index (χ2n) is 7.26. The number of hydrogen-bond acceptors (Lipinski definition) is 6. The van der Waals surface area contributed by atoms with E-state index in [-0.39, 0.29) is 5.28 Å². The van der Waals surface area contributed by atoms with E-state index in [1.807, 2.05) is 11.6 Å². The first-order valence-corrected chi connectivity index (χ1v) is 10.6. The summed E-state index contributed by atoms with van der Waals surface area (Å²) in [4.78, 5) is 13.2. The predicted molar refractivity (Wildman–Crippen MR) is 110 cm³/mol. The Balaban J connectivity index is 1.56. The molecule has 3 aromatic rings. The van der Waals surface area contributed by atoms with E-state index < -0.39 is 0 Å². The monoisotopic (exact) mass is 400 g/mol. The van der Waals surface area contributed by atoms with Crippen LogP contribution in [-0.2, 0) is 0 Å². The first kappa shape index (κ1) is 17.2. The number of nitrogens with zero attached hydrogens (tertiary/aromatic N) is 4. The Morgan fingerprint density at radius 1 is 1.30 bits per heavy atom. The third-order valence-electron chi connectivity index (χ3n) is 5.76. The molecule has 1 aliphatic heterocycles. The van der Waals surface area contributed by atoms with Crippen LogP contribution in [-0.4, -0.2) is 32.6 Å². The molecule has 0 aromatic carbocycles.